The van der Waals surface area contributed by atoms with Crippen LogP contribution in [0.4, 0.5) is 0 Å². The summed E-state index contributed by atoms with van der Waals surface area (Å²) in [5.41, 5.74) is 0. The van der Waals surface area contributed by atoms with Crippen molar-refractivity contribution in [2.24, 2.45) is 5.92 Å². The van der Waals surface area contributed by atoms with Gasteiger partial charge in [-0.25, -0.2) is 4.98 Å². The minimum Gasteiger partial charge on any atom is -0.378 e. The maximum Gasteiger partial charge on any atom is 0.220 e. The van der Waals surface area contributed by atoms with Gasteiger partial charge >= 0.3 is 0 Å². The molecule has 0 aromatic carbocycles. The number of nitrogens with zero attached hydrogens (tertiary/aromatic N) is 1. The SMILES string of the molecule is Cc1cnc([C@@H](NC(=O)CC[C@H]2CCCO2)C2CC2)s1. The van der Waals surface area contributed by atoms with E-state index in [9.17, 15) is 4.79 Å². The summed E-state index contributed by atoms with van der Waals surface area (Å²) < 4.78 is 5.57. The van der Waals surface area contributed by atoms with Crippen molar-refractivity contribution in [2.75, 3.05) is 6.61 Å². The van der Waals surface area contributed by atoms with E-state index in [1.165, 1.54) is 17.7 Å². The van der Waals surface area contributed by atoms with Crippen LogP contribution >= 0.6 is 11.3 Å². The summed E-state index contributed by atoms with van der Waals surface area (Å²) >= 11 is 1.70. The van der Waals surface area contributed by atoms with Gasteiger partial charge in [0.1, 0.15) is 5.01 Å². The van der Waals surface area contributed by atoms with Crippen LogP contribution in [0.5, 0.6) is 0 Å². The quantitative estimate of drug-likeness (QED) is 0.877. The highest BCUT2D eigenvalue weighted by Crippen LogP contribution is 2.42. The fourth-order valence-corrected chi connectivity index (χ4v) is 3.66. The smallest absolute Gasteiger partial charge is 0.220 e. The number of ether oxygens (including phenoxy) is 1. The van der Waals surface area contributed by atoms with E-state index in [4.69, 9.17) is 4.74 Å². The molecular formula is C15H22N2O2S. The molecule has 2 heterocycles. The van der Waals surface area contributed by atoms with Gasteiger partial charge in [0.15, 0.2) is 0 Å². The minimum atomic E-state index is 0.130. The summed E-state index contributed by atoms with van der Waals surface area (Å²) in [6, 6.07) is 0.130. The molecule has 1 saturated heterocycles. The molecule has 4 nitrogen and oxygen atoms in total. The van der Waals surface area contributed by atoms with Crippen molar-refractivity contribution >= 4 is 17.2 Å². The second-order valence-corrected chi connectivity index (χ2v) is 7.13. The zero-order chi connectivity index (χ0) is 13.9. The standard InChI is InChI=1S/C15H22N2O2S/c1-10-9-16-15(20-10)14(11-4-5-11)17-13(18)7-6-12-3-2-8-19-12/h9,11-12,14H,2-8H2,1H3,(H,17,18)/t12-,14+/m1/s1. The number of aromatic nitrogens is 1. The van der Waals surface area contributed by atoms with Crippen molar-refractivity contribution in [3.05, 3.63) is 16.1 Å². The maximum atomic E-state index is 12.1. The predicted molar refractivity (Wildman–Crippen MR) is 78.7 cm³/mol. The molecule has 2 atom stereocenters. The lowest BCUT2D eigenvalue weighted by Crippen LogP contribution is -2.30. The summed E-state index contributed by atoms with van der Waals surface area (Å²) in [7, 11) is 0. The third kappa shape index (κ3) is 3.58. The fraction of sp³-hybridized carbons (Fsp3) is 0.733. The van der Waals surface area contributed by atoms with E-state index >= 15 is 0 Å². The van der Waals surface area contributed by atoms with Crippen LogP contribution in [0.1, 0.15) is 54.5 Å². The molecule has 0 bridgehead atoms. The minimum absolute atomic E-state index is 0.130. The van der Waals surface area contributed by atoms with Crippen molar-refractivity contribution in [2.45, 2.75) is 57.6 Å². The molecule has 2 aliphatic rings. The van der Waals surface area contributed by atoms with Crippen LogP contribution in [0.2, 0.25) is 0 Å². The Hall–Kier alpha value is -0.940. The van der Waals surface area contributed by atoms with Gasteiger partial charge in [-0.1, -0.05) is 0 Å². The van der Waals surface area contributed by atoms with E-state index in [2.05, 4.69) is 17.2 Å². The normalized spacial score (nSPS) is 23.8. The van der Waals surface area contributed by atoms with Gasteiger partial charge in [0.2, 0.25) is 5.91 Å². The lowest BCUT2D eigenvalue weighted by atomic mass is 10.1. The lowest BCUT2D eigenvalue weighted by Gasteiger charge is -2.16. The van der Waals surface area contributed by atoms with E-state index < -0.39 is 0 Å². The van der Waals surface area contributed by atoms with Gasteiger partial charge in [-0.05, 0) is 44.9 Å². The van der Waals surface area contributed by atoms with Crippen molar-refractivity contribution < 1.29 is 9.53 Å². The number of hydrogen-bond acceptors (Lipinski definition) is 4. The number of hydrogen-bond donors (Lipinski definition) is 1. The van der Waals surface area contributed by atoms with E-state index in [0.717, 1.165) is 30.9 Å². The molecule has 1 aliphatic heterocycles. The Labute approximate surface area is 123 Å². The Bertz CT molecular complexity index is 464. The molecule has 1 amide bonds. The highest BCUT2D eigenvalue weighted by Gasteiger charge is 2.35. The summed E-state index contributed by atoms with van der Waals surface area (Å²) in [5.74, 6) is 0.734. The van der Waals surface area contributed by atoms with E-state index in [-0.39, 0.29) is 11.9 Å². The average molecular weight is 294 g/mol. The van der Waals surface area contributed by atoms with Crippen LogP contribution in [0.25, 0.3) is 0 Å². The average Bonchev–Trinajstić information content (AvgIpc) is 2.96. The van der Waals surface area contributed by atoms with Gasteiger partial charge in [-0.2, -0.15) is 0 Å². The van der Waals surface area contributed by atoms with Gasteiger partial charge in [-0.15, -0.1) is 11.3 Å². The van der Waals surface area contributed by atoms with Crippen molar-refractivity contribution in [1.82, 2.24) is 10.3 Å². The summed E-state index contributed by atoms with van der Waals surface area (Å²) in [6.45, 7) is 2.92. The molecule has 5 heteroatoms. The maximum absolute atomic E-state index is 12.1. The van der Waals surface area contributed by atoms with Crippen LogP contribution in [-0.2, 0) is 9.53 Å². The van der Waals surface area contributed by atoms with Crippen LogP contribution in [-0.4, -0.2) is 23.6 Å². The first kappa shape index (κ1) is 14.0. The monoisotopic (exact) mass is 294 g/mol. The summed E-state index contributed by atoms with van der Waals surface area (Å²) in [4.78, 5) is 17.8. The first-order valence-electron chi connectivity index (χ1n) is 7.55. The Morgan fingerprint density at radius 1 is 1.55 bits per heavy atom. The van der Waals surface area contributed by atoms with E-state index in [1.807, 2.05) is 6.20 Å². The van der Waals surface area contributed by atoms with Crippen LogP contribution < -0.4 is 5.32 Å². The molecule has 1 aliphatic carbocycles. The fourth-order valence-electron chi connectivity index (χ4n) is 2.74. The third-order valence-electron chi connectivity index (χ3n) is 4.03. The molecule has 2 fully saturated rings. The predicted octanol–water partition coefficient (Wildman–Crippen LogP) is 2.98. The Morgan fingerprint density at radius 3 is 3.00 bits per heavy atom. The number of carbonyl (C=O) groups is 1. The molecule has 0 radical (unpaired) electrons. The van der Waals surface area contributed by atoms with Crippen LogP contribution in [0.3, 0.4) is 0 Å². The highest BCUT2D eigenvalue weighted by molar-refractivity contribution is 7.11. The number of carbonyl (C=O) groups excluding carboxylic acids is 1. The second kappa shape index (κ2) is 6.22. The molecule has 0 spiro atoms. The first-order chi connectivity index (χ1) is 9.72. The second-order valence-electron chi connectivity index (χ2n) is 5.87. The van der Waals surface area contributed by atoms with Crippen LogP contribution in [0, 0.1) is 12.8 Å². The zero-order valence-electron chi connectivity index (χ0n) is 11.9. The number of amides is 1. The molecule has 1 aromatic heterocycles. The van der Waals surface area contributed by atoms with E-state index in [1.54, 1.807) is 11.3 Å². The molecular weight excluding hydrogens is 272 g/mol. The first-order valence-corrected chi connectivity index (χ1v) is 8.37. The third-order valence-corrected chi connectivity index (χ3v) is 5.03. The van der Waals surface area contributed by atoms with Gasteiger partial charge in [0.05, 0.1) is 12.1 Å². The van der Waals surface area contributed by atoms with Crippen molar-refractivity contribution in [3.63, 3.8) is 0 Å². The van der Waals surface area contributed by atoms with Gasteiger partial charge in [0, 0.05) is 24.1 Å². The molecule has 3 rings (SSSR count). The Balaban J connectivity index is 1.52. The van der Waals surface area contributed by atoms with Gasteiger partial charge in [0.25, 0.3) is 0 Å². The largest absolute Gasteiger partial charge is 0.378 e. The molecule has 110 valence electrons. The summed E-state index contributed by atoms with van der Waals surface area (Å²) in [5, 5.41) is 4.25. The van der Waals surface area contributed by atoms with Gasteiger partial charge < -0.3 is 10.1 Å². The van der Waals surface area contributed by atoms with E-state index in [0.29, 0.717) is 18.4 Å². The highest BCUT2D eigenvalue weighted by atomic mass is 32.1. The number of rotatable bonds is 6. The topological polar surface area (TPSA) is 51.2 Å². The molecule has 1 N–H and O–H groups in total. The summed E-state index contributed by atoms with van der Waals surface area (Å²) in [6.07, 6.45) is 8.25. The van der Waals surface area contributed by atoms with Crippen molar-refractivity contribution in [3.8, 4) is 0 Å². The number of aryl methyl sites for hydroxylation is 1. The molecule has 0 unspecified atom stereocenters. The Kier molecular flexibility index (Phi) is 4.36. The molecule has 1 saturated carbocycles. The van der Waals surface area contributed by atoms with Gasteiger partial charge in [-0.3, -0.25) is 4.79 Å². The van der Waals surface area contributed by atoms with Crippen LogP contribution in [0.15, 0.2) is 6.20 Å². The molecule has 20 heavy (non-hydrogen) atoms. The molecule has 1 aromatic rings. The van der Waals surface area contributed by atoms with Crippen molar-refractivity contribution in [1.29, 1.82) is 0 Å². The number of thiazole rings is 1. The zero-order valence-corrected chi connectivity index (χ0v) is 12.7. The lowest BCUT2D eigenvalue weighted by molar-refractivity contribution is -0.122. The Morgan fingerprint density at radius 2 is 2.40 bits per heavy atom. The number of nitrogens with one attached hydrogen (secondary N) is 1.